The molecule has 0 bridgehead atoms. The quantitative estimate of drug-likeness (QED) is 0.712. The van der Waals surface area contributed by atoms with Gasteiger partial charge in [0.15, 0.2) is 0 Å². The van der Waals surface area contributed by atoms with Crippen molar-refractivity contribution >= 4 is 11.6 Å². The summed E-state index contributed by atoms with van der Waals surface area (Å²) in [5, 5.41) is 2.88. The van der Waals surface area contributed by atoms with E-state index in [-0.39, 0.29) is 5.91 Å². The second-order valence-electron chi connectivity index (χ2n) is 4.96. The molecule has 1 amide bonds. The summed E-state index contributed by atoms with van der Waals surface area (Å²) in [7, 11) is 0. The molecule has 0 heterocycles. The van der Waals surface area contributed by atoms with Gasteiger partial charge in [0.2, 0.25) is 0 Å². The third-order valence-corrected chi connectivity index (χ3v) is 3.23. The Bertz CT molecular complexity index is 657. The van der Waals surface area contributed by atoms with Gasteiger partial charge in [-0.05, 0) is 44.2 Å². The minimum absolute atomic E-state index is 0.211. The van der Waals surface area contributed by atoms with Gasteiger partial charge in [0.05, 0.1) is 18.9 Å². The molecule has 0 aliphatic rings. The Labute approximate surface area is 142 Å². The largest absolute Gasteiger partial charge is 0.494 e. The number of para-hydroxylation sites is 2. The van der Waals surface area contributed by atoms with Gasteiger partial charge in [0.1, 0.15) is 18.1 Å². The zero-order valence-corrected chi connectivity index (χ0v) is 14.1. The van der Waals surface area contributed by atoms with Gasteiger partial charge in [-0.3, -0.25) is 4.79 Å². The highest BCUT2D eigenvalue weighted by Gasteiger charge is 2.10. The monoisotopic (exact) mass is 329 g/mol. The van der Waals surface area contributed by atoms with Crippen LogP contribution in [0.25, 0.3) is 0 Å². The molecule has 5 heteroatoms. The van der Waals surface area contributed by atoms with Crippen LogP contribution in [0, 0.1) is 0 Å². The van der Waals surface area contributed by atoms with Crippen LogP contribution in [-0.2, 0) is 4.74 Å². The summed E-state index contributed by atoms with van der Waals surface area (Å²) in [4.78, 5) is 12.5. The normalized spacial score (nSPS) is 10.2. The Morgan fingerprint density at radius 1 is 0.958 bits per heavy atom. The van der Waals surface area contributed by atoms with Crippen LogP contribution in [0.3, 0.4) is 0 Å². The predicted molar refractivity (Wildman–Crippen MR) is 94.0 cm³/mol. The molecular formula is C19H23NO4. The molecule has 2 aromatic carbocycles. The van der Waals surface area contributed by atoms with Crippen LogP contribution in [0.2, 0.25) is 0 Å². The Kier molecular flexibility index (Phi) is 7.11. The number of hydrogen-bond acceptors (Lipinski definition) is 4. The first kappa shape index (κ1) is 17.8. The molecule has 0 radical (unpaired) electrons. The lowest BCUT2D eigenvalue weighted by molar-refractivity contribution is 0.102. The number of carbonyl (C=O) groups excluding carboxylic acids is 1. The van der Waals surface area contributed by atoms with Crippen LogP contribution in [-0.4, -0.2) is 32.3 Å². The van der Waals surface area contributed by atoms with Gasteiger partial charge in [0.25, 0.3) is 5.91 Å². The molecule has 0 saturated heterocycles. The van der Waals surface area contributed by atoms with E-state index in [1.807, 2.05) is 38.1 Å². The van der Waals surface area contributed by atoms with Gasteiger partial charge < -0.3 is 19.5 Å². The summed E-state index contributed by atoms with van der Waals surface area (Å²) in [6.45, 7) is 5.99. The number of anilines is 1. The van der Waals surface area contributed by atoms with Crippen molar-refractivity contribution in [3.63, 3.8) is 0 Å². The minimum atomic E-state index is -0.211. The summed E-state index contributed by atoms with van der Waals surface area (Å²) in [6.07, 6.45) is 0. The smallest absolute Gasteiger partial charge is 0.255 e. The predicted octanol–water partition coefficient (Wildman–Crippen LogP) is 3.75. The maximum absolute atomic E-state index is 12.5. The van der Waals surface area contributed by atoms with E-state index in [1.165, 1.54) is 0 Å². The molecule has 0 spiro atoms. The molecule has 128 valence electrons. The van der Waals surface area contributed by atoms with Gasteiger partial charge in [-0.15, -0.1) is 0 Å². The van der Waals surface area contributed by atoms with E-state index in [2.05, 4.69) is 5.32 Å². The fourth-order valence-corrected chi connectivity index (χ4v) is 2.14. The van der Waals surface area contributed by atoms with E-state index in [1.54, 1.807) is 24.3 Å². The zero-order valence-electron chi connectivity index (χ0n) is 14.1. The molecule has 0 aromatic heterocycles. The summed E-state index contributed by atoms with van der Waals surface area (Å²) in [6, 6.07) is 14.4. The van der Waals surface area contributed by atoms with Gasteiger partial charge in [-0.25, -0.2) is 0 Å². The number of nitrogens with one attached hydrogen (secondary N) is 1. The van der Waals surface area contributed by atoms with Crippen molar-refractivity contribution in [3.8, 4) is 11.5 Å². The topological polar surface area (TPSA) is 56.8 Å². The Morgan fingerprint density at radius 2 is 1.79 bits per heavy atom. The number of benzene rings is 2. The van der Waals surface area contributed by atoms with E-state index in [0.29, 0.717) is 49.2 Å². The van der Waals surface area contributed by atoms with Crippen LogP contribution in [0.4, 0.5) is 5.69 Å². The number of ether oxygens (including phenoxy) is 3. The highest BCUT2D eigenvalue weighted by atomic mass is 16.5. The molecule has 0 aliphatic carbocycles. The van der Waals surface area contributed by atoms with Crippen molar-refractivity contribution < 1.29 is 19.0 Å². The molecule has 0 aliphatic heterocycles. The van der Waals surface area contributed by atoms with E-state index in [4.69, 9.17) is 14.2 Å². The maximum Gasteiger partial charge on any atom is 0.255 e. The molecule has 2 aromatic rings. The molecular weight excluding hydrogens is 306 g/mol. The third kappa shape index (κ3) is 5.28. The first-order valence-electron chi connectivity index (χ1n) is 8.08. The lowest BCUT2D eigenvalue weighted by atomic mass is 10.2. The van der Waals surface area contributed by atoms with Crippen molar-refractivity contribution in [1.29, 1.82) is 0 Å². The first-order valence-corrected chi connectivity index (χ1v) is 8.08. The van der Waals surface area contributed by atoms with Crippen molar-refractivity contribution in [2.45, 2.75) is 13.8 Å². The summed E-state index contributed by atoms with van der Waals surface area (Å²) >= 11 is 0. The maximum atomic E-state index is 12.5. The summed E-state index contributed by atoms with van der Waals surface area (Å²) in [5.74, 6) is 1.08. The molecule has 2 rings (SSSR count). The molecule has 0 unspecified atom stereocenters. The van der Waals surface area contributed by atoms with E-state index < -0.39 is 0 Å². The number of amides is 1. The average molecular weight is 329 g/mol. The molecule has 0 atom stereocenters. The highest BCUT2D eigenvalue weighted by molar-refractivity contribution is 6.05. The van der Waals surface area contributed by atoms with Gasteiger partial charge >= 0.3 is 0 Å². The van der Waals surface area contributed by atoms with Crippen LogP contribution < -0.4 is 14.8 Å². The van der Waals surface area contributed by atoms with Crippen molar-refractivity contribution in [2.75, 3.05) is 31.7 Å². The van der Waals surface area contributed by atoms with Crippen LogP contribution in [0.5, 0.6) is 11.5 Å². The number of hydrogen-bond donors (Lipinski definition) is 1. The van der Waals surface area contributed by atoms with E-state index in [9.17, 15) is 4.79 Å². The molecule has 5 nitrogen and oxygen atoms in total. The second-order valence-corrected chi connectivity index (χ2v) is 4.96. The minimum Gasteiger partial charge on any atom is -0.494 e. The van der Waals surface area contributed by atoms with E-state index >= 15 is 0 Å². The Balaban J connectivity index is 2.04. The van der Waals surface area contributed by atoms with Gasteiger partial charge in [-0.2, -0.15) is 0 Å². The van der Waals surface area contributed by atoms with Crippen molar-refractivity contribution in [2.24, 2.45) is 0 Å². The van der Waals surface area contributed by atoms with Crippen LogP contribution in [0.1, 0.15) is 24.2 Å². The molecule has 24 heavy (non-hydrogen) atoms. The molecule has 1 N–H and O–H groups in total. The van der Waals surface area contributed by atoms with Crippen LogP contribution >= 0.6 is 0 Å². The second kappa shape index (κ2) is 9.57. The lowest BCUT2D eigenvalue weighted by Crippen LogP contribution is -2.14. The highest BCUT2D eigenvalue weighted by Crippen LogP contribution is 2.24. The third-order valence-electron chi connectivity index (χ3n) is 3.23. The standard InChI is InChI=1S/C19H23NO4/c1-3-22-12-13-24-18-11-6-5-10-17(18)20-19(21)15-8-7-9-16(14-15)23-4-2/h5-11,14H,3-4,12-13H2,1-2H3,(H,20,21). The van der Waals surface area contributed by atoms with E-state index in [0.717, 1.165) is 0 Å². The number of rotatable bonds is 9. The fraction of sp³-hybridized carbons (Fsp3) is 0.316. The molecule has 0 saturated carbocycles. The SMILES string of the molecule is CCOCCOc1ccccc1NC(=O)c1cccc(OCC)c1. The van der Waals surface area contributed by atoms with Gasteiger partial charge in [-0.1, -0.05) is 18.2 Å². The fourth-order valence-electron chi connectivity index (χ4n) is 2.14. The zero-order chi connectivity index (χ0) is 17.2. The van der Waals surface area contributed by atoms with Gasteiger partial charge in [0, 0.05) is 12.2 Å². The summed E-state index contributed by atoms with van der Waals surface area (Å²) in [5.41, 5.74) is 1.16. The lowest BCUT2D eigenvalue weighted by Gasteiger charge is -2.13. The first-order chi connectivity index (χ1) is 11.7. The Morgan fingerprint density at radius 3 is 2.58 bits per heavy atom. The average Bonchev–Trinajstić information content (AvgIpc) is 2.60. The molecule has 0 fully saturated rings. The number of carbonyl (C=O) groups is 1. The summed E-state index contributed by atoms with van der Waals surface area (Å²) < 4.78 is 16.4. The Hall–Kier alpha value is -2.53. The van der Waals surface area contributed by atoms with Crippen LogP contribution in [0.15, 0.2) is 48.5 Å². The van der Waals surface area contributed by atoms with Crippen molar-refractivity contribution in [3.05, 3.63) is 54.1 Å². The van der Waals surface area contributed by atoms with Crippen molar-refractivity contribution in [1.82, 2.24) is 0 Å².